The van der Waals surface area contributed by atoms with Crippen molar-refractivity contribution in [1.29, 1.82) is 0 Å². The molecule has 0 saturated heterocycles. The van der Waals surface area contributed by atoms with Gasteiger partial charge in [0.1, 0.15) is 0 Å². The first-order chi connectivity index (χ1) is 10.8. The maximum Gasteiger partial charge on any atom is 0.0283 e. The SMILES string of the molecule is Cc1ccc(/C(I)=C(/C2=CC=CCC2)c2ccccc2)cc1. The molecule has 110 valence electrons. The van der Waals surface area contributed by atoms with Gasteiger partial charge < -0.3 is 0 Å². The summed E-state index contributed by atoms with van der Waals surface area (Å²) in [5.41, 5.74) is 6.69. The van der Waals surface area contributed by atoms with Crippen molar-refractivity contribution in [3.63, 3.8) is 0 Å². The Kier molecular flexibility index (Phi) is 4.94. The number of halogens is 1. The Balaban J connectivity index is 2.15. The summed E-state index contributed by atoms with van der Waals surface area (Å²) < 4.78 is 1.32. The van der Waals surface area contributed by atoms with Gasteiger partial charge in [-0.25, -0.2) is 0 Å². The maximum atomic E-state index is 2.50. The lowest BCUT2D eigenvalue weighted by Crippen LogP contribution is -1.95. The summed E-state index contributed by atoms with van der Waals surface area (Å²) in [7, 11) is 0. The van der Waals surface area contributed by atoms with E-state index in [2.05, 4.69) is 102 Å². The van der Waals surface area contributed by atoms with Gasteiger partial charge in [-0.3, -0.25) is 0 Å². The molecular weight excluding hydrogens is 379 g/mol. The third kappa shape index (κ3) is 3.41. The van der Waals surface area contributed by atoms with Crippen LogP contribution < -0.4 is 0 Å². The van der Waals surface area contributed by atoms with E-state index in [9.17, 15) is 0 Å². The van der Waals surface area contributed by atoms with Crippen molar-refractivity contribution in [3.05, 3.63) is 95.1 Å². The minimum atomic E-state index is 1.11. The van der Waals surface area contributed by atoms with Crippen molar-refractivity contribution in [1.82, 2.24) is 0 Å². The second-order valence-electron chi connectivity index (χ2n) is 5.58. The molecule has 0 aliphatic heterocycles. The van der Waals surface area contributed by atoms with E-state index in [0.717, 1.165) is 12.8 Å². The second-order valence-corrected chi connectivity index (χ2v) is 6.66. The lowest BCUT2D eigenvalue weighted by molar-refractivity contribution is 0.997. The Bertz CT molecular complexity index is 731. The fraction of sp³-hybridized carbons (Fsp3) is 0.143. The van der Waals surface area contributed by atoms with Crippen LogP contribution in [0.15, 0.2) is 78.4 Å². The minimum Gasteiger partial charge on any atom is -0.0842 e. The van der Waals surface area contributed by atoms with E-state index < -0.39 is 0 Å². The molecule has 0 radical (unpaired) electrons. The molecule has 22 heavy (non-hydrogen) atoms. The van der Waals surface area contributed by atoms with Gasteiger partial charge in [-0.1, -0.05) is 78.4 Å². The summed E-state index contributed by atoms with van der Waals surface area (Å²) in [6.45, 7) is 2.13. The molecule has 2 aromatic carbocycles. The average molecular weight is 398 g/mol. The summed E-state index contributed by atoms with van der Waals surface area (Å²) >= 11 is 2.50. The first-order valence-corrected chi connectivity index (χ1v) is 8.72. The van der Waals surface area contributed by atoms with Crippen LogP contribution in [0.25, 0.3) is 9.15 Å². The molecule has 1 aliphatic rings. The van der Waals surface area contributed by atoms with E-state index in [4.69, 9.17) is 0 Å². The van der Waals surface area contributed by atoms with Crippen LogP contribution in [0.4, 0.5) is 0 Å². The molecule has 0 aromatic heterocycles. The van der Waals surface area contributed by atoms with E-state index in [1.165, 1.54) is 31.4 Å². The van der Waals surface area contributed by atoms with Gasteiger partial charge in [-0.15, -0.1) is 0 Å². The molecule has 1 aliphatic carbocycles. The van der Waals surface area contributed by atoms with Crippen molar-refractivity contribution in [2.45, 2.75) is 19.8 Å². The molecule has 0 nitrogen and oxygen atoms in total. The highest BCUT2D eigenvalue weighted by molar-refractivity contribution is 14.1. The van der Waals surface area contributed by atoms with E-state index in [1.807, 2.05) is 0 Å². The van der Waals surface area contributed by atoms with Crippen LogP contribution in [0.3, 0.4) is 0 Å². The Morgan fingerprint density at radius 2 is 1.64 bits per heavy atom. The molecule has 3 rings (SSSR count). The minimum absolute atomic E-state index is 1.11. The molecule has 0 fully saturated rings. The number of rotatable bonds is 3. The van der Waals surface area contributed by atoms with Crippen LogP contribution in [-0.4, -0.2) is 0 Å². The summed E-state index contributed by atoms with van der Waals surface area (Å²) in [5.74, 6) is 0. The van der Waals surface area contributed by atoms with Crippen LogP contribution in [0, 0.1) is 6.92 Å². The van der Waals surface area contributed by atoms with E-state index >= 15 is 0 Å². The van der Waals surface area contributed by atoms with Gasteiger partial charge in [0.15, 0.2) is 0 Å². The normalized spacial score (nSPS) is 15.3. The first-order valence-electron chi connectivity index (χ1n) is 7.64. The van der Waals surface area contributed by atoms with E-state index in [0.29, 0.717) is 0 Å². The largest absolute Gasteiger partial charge is 0.0842 e. The fourth-order valence-corrected chi connectivity index (χ4v) is 3.73. The number of aryl methyl sites for hydroxylation is 1. The van der Waals surface area contributed by atoms with Gasteiger partial charge in [0, 0.05) is 3.58 Å². The van der Waals surface area contributed by atoms with Crippen molar-refractivity contribution >= 4 is 31.7 Å². The van der Waals surface area contributed by atoms with Crippen molar-refractivity contribution < 1.29 is 0 Å². The van der Waals surface area contributed by atoms with Crippen LogP contribution in [0.1, 0.15) is 29.5 Å². The highest BCUT2D eigenvalue weighted by Crippen LogP contribution is 2.39. The lowest BCUT2D eigenvalue weighted by Gasteiger charge is -2.17. The molecule has 0 unspecified atom stereocenters. The van der Waals surface area contributed by atoms with Gasteiger partial charge in [0.25, 0.3) is 0 Å². The summed E-state index contributed by atoms with van der Waals surface area (Å²) in [4.78, 5) is 0. The standard InChI is InChI=1S/C21H19I/c1-16-12-14-19(15-13-16)21(22)20(17-8-4-2-5-9-17)18-10-6-3-7-11-18/h2-6,8-10,12-15H,7,11H2,1H3/b21-20-. The topological polar surface area (TPSA) is 0 Å². The summed E-state index contributed by atoms with van der Waals surface area (Å²) in [6.07, 6.45) is 8.92. The van der Waals surface area contributed by atoms with E-state index in [1.54, 1.807) is 0 Å². The quantitative estimate of drug-likeness (QED) is 0.405. The van der Waals surface area contributed by atoms with E-state index in [-0.39, 0.29) is 0 Å². The highest BCUT2D eigenvalue weighted by atomic mass is 127. The number of hydrogen-bond acceptors (Lipinski definition) is 0. The first kappa shape index (κ1) is 15.3. The third-order valence-corrected chi connectivity index (χ3v) is 5.08. The van der Waals surface area contributed by atoms with Gasteiger partial charge in [-0.2, -0.15) is 0 Å². The molecule has 0 heterocycles. The fourth-order valence-electron chi connectivity index (χ4n) is 2.71. The van der Waals surface area contributed by atoms with Gasteiger partial charge in [-0.05, 0) is 64.6 Å². The zero-order valence-corrected chi connectivity index (χ0v) is 14.9. The number of benzene rings is 2. The molecule has 1 heteroatoms. The van der Waals surface area contributed by atoms with Gasteiger partial charge >= 0.3 is 0 Å². The maximum absolute atomic E-state index is 2.50. The Hall–Kier alpha value is -1.61. The Morgan fingerprint density at radius 3 is 2.27 bits per heavy atom. The smallest absolute Gasteiger partial charge is 0.0283 e. The van der Waals surface area contributed by atoms with Gasteiger partial charge in [0.2, 0.25) is 0 Å². The molecule has 0 spiro atoms. The number of hydrogen-bond donors (Lipinski definition) is 0. The monoisotopic (exact) mass is 398 g/mol. The van der Waals surface area contributed by atoms with Crippen LogP contribution in [-0.2, 0) is 0 Å². The summed E-state index contributed by atoms with van der Waals surface area (Å²) in [6, 6.07) is 19.6. The average Bonchev–Trinajstić information content (AvgIpc) is 2.57. The second kappa shape index (κ2) is 7.10. The van der Waals surface area contributed by atoms with Crippen molar-refractivity contribution in [2.75, 3.05) is 0 Å². The molecule has 0 N–H and O–H groups in total. The molecule has 2 aromatic rings. The lowest BCUT2D eigenvalue weighted by atomic mass is 9.90. The van der Waals surface area contributed by atoms with Crippen molar-refractivity contribution in [2.24, 2.45) is 0 Å². The Morgan fingerprint density at radius 1 is 0.909 bits per heavy atom. The zero-order chi connectivity index (χ0) is 15.4. The van der Waals surface area contributed by atoms with Crippen molar-refractivity contribution in [3.8, 4) is 0 Å². The van der Waals surface area contributed by atoms with Gasteiger partial charge in [0.05, 0.1) is 0 Å². The third-order valence-electron chi connectivity index (χ3n) is 3.92. The van der Waals surface area contributed by atoms with Crippen LogP contribution >= 0.6 is 22.6 Å². The van der Waals surface area contributed by atoms with Crippen LogP contribution in [0.5, 0.6) is 0 Å². The zero-order valence-electron chi connectivity index (χ0n) is 12.7. The Labute approximate surface area is 146 Å². The molecule has 0 bridgehead atoms. The molecule has 0 saturated carbocycles. The van der Waals surface area contributed by atoms with Crippen LogP contribution in [0.2, 0.25) is 0 Å². The summed E-state index contributed by atoms with van der Waals surface area (Å²) in [5, 5.41) is 0. The molecule has 0 atom stereocenters. The molecular formula is C21H19I. The highest BCUT2D eigenvalue weighted by Gasteiger charge is 2.14. The predicted molar refractivity (Wildman–Crippen MR) is 105 cm³/mol. The number of allylic oxidation sites excluding steroid dienone is 5. The predicted octanol–water partition coefficient (Wildman–Crippen LogP) is 6.57. The molecule has 0 amide bonds.